The molecule has 18 heavy (non-hydrogen) atoms. The maximum Gasteiger partial charge on any atom is 0.0900 e. The molecule has 2 aromatic heterocycles. The molecular weight excluding hydrogens is 248 g/mol. The van der Waals surface area contributed by atoms with Crippen LogP contribution in [0.5, 0.6) is 0 Å². The maximum absolute atomic E-state index is 5.01. The number of methoxy groups -OCH3 is 1. The largest absolute Gasteiger partial charge is 0.383 e. The van der Waals surface area contributed by atoms with Gasteiger partial charge in [-0.15, -0.1) is 11.3 Å². The van der Waals surface area contributed by atoms with Gasteiger partial charge in [-0.2, -0.15) is 5.10 Å². The van der Waals surface area contributed by atoms with E-state index in [9.17, 15) is 0 Å². The SMILES string of the molecule is COCCn1cc(NCc2sc(C)nc2C)cn1. The van der Waals surface area contributed by atoms with E-state index in [4.69, 9.17) is 4.74 Å². The number of rotatable bonds is 6. The fraction of sp³-hybridized carbons (Fsp3) is 0.500. The number of aryl methyl sites for hydroxylation is 2. The summed E-state index contributed by atoms with van der Waals surface area (Å²) in [5.41, 5.74) is 2.13. The lowest BCUT2D eigenvalue weighted by molar-refractivity contribution is 0.183. The molecule has 1 N–H and O–H groups in total. The van der Waals surface area contributed by atoms with Gasteiger partial charge in [0.05, 0.1) is 42.3 Å². The third kappa shape index (κ3) is 3.30. The van der Waals surface area contributed by atoms with Crippen LogP contribution in [0, 0.1) is 13.8 Å². The van der Waals surface area contributed by atoms with Gasteiger partial charge in [-0.25, -0.2) is 4.98 Å². The van der Waals surface area contributed by atoms with Crippen LogP contribution in [-0.4, -0.2) is 28.5 Å². The van der Waals surface area contributed by atoms with E-state index in [2.05, 4.69) is 15.4 Å². The van der Waals surface area contributed by atoms with Gasteiger partial charge >= 0.3 is 0 Å². The number of nitrogens with zero attached hydrogens (tertiary/aromatic N) is 3. The van der Waals surface area contributed by atoms with Crippen LogP contribution in [0.1, 0.15) is 15.6 Å². The quantitative estimate of drug-likeness (QED) is 0.871. The Labute approximate surface area is 111 Å². The van der Waals surface area contributed by atoms with Gasteiger partial charge < -0.3 is 10.1 Å². The Hall–Kier alpha value is -1.40. The van der Waals surface area contributed by atoms with Gasteiger partial charge in [0.15, 0.2) is 0 Å². The Morgan fingerprint density at radius 3 is 2.94 bits per heavy atom. The minimum Gasteiger partial charge on any atom is -0.383 e. The summed E-state index contributed by atoms with van der Waals surface area (Å²) < 4.78 is 6.89. The number of aromatic nitrogens is 3. The zero-order valence-electron chi connectivity index (χ0n) is 10.9. The summed E-state index contributed by atoms with van der Waals surface area (Å²) in [4.78, 5) is 5.69. The number of ether oxygens (including phenoxy) is 1. The number of anilines is 1. The molecule has 98 valence electrons. The summed E-state index contributed by atoms with van der Waals surface area (Å²) >= 11 is 1.73. The third-order valence-corrected chi connectivity index (χ3v) is 3.68. The summed E-state index contributed by atoms with van der Waals surface area (Å²) in [6.45, 7) is 6.32. The lowest BCUT2D eigenvalue weighted by Gasteiger charge is -2.01. The Balaban J connectivity index is 1.90. The van der Waals surface area contributed by atoms with Crippen LogP contribution in [0.25, 0.3) is 0 Å². The van der Waals surface area contributed by atoms with E-state index in [0.717, 1.165) is 29.5 Å². The molecule has 2 aromatic rings. The van der Waals surface area contributed by atoms with Crippen molar-refractivity contribution in [3.05, 3.63) is 28.0 Å². The second-order valence-corrected chi connectivity index (χ2v) is 5.37. The smallest absolute Gasteiger partial charge is 0.0900 e. The molecule has 5 nitrogen and oxygen atoms in total. The molecule has 0 aromatic carbocycles. The second-order valence-electron chi connectivity index (χ2n) is 4.08. The van der Waals surface area contributed by atoms with Crippen LogP contribution in [0.4, 0.5) is 5.69 Å². The van der Waals surface area contributed by atoms with Crippen LogP contribution in [0.2, 0.25) is 0 Å². The maximum atomic E-state index is 5.01. The topological polar surface area (TPSA) is 52.0 Å². The van der Waals surface area contributed by atoms with Crippen molar-refractivity contribution in [2.45, 2.75) is 26.9 Å². The highest BCUT2D eigenvalue weighted by Crippen LogP contribution is 2.18. The Bertz CT molecular complexity index is 506. The van der Waals surface area contributed by atoms with Crippen LogP contribution >= 0.6 is 11.3 Å². The van der Waals surface area contributed by atoms with Crippen molar-refractivity contribution in [3.8, 4) is 0 Å². The predicted octanol–water partition coefficient (Wildman–Crippen LogP) is 2.21. The standard InChI is InChI=1S/C12H18N4OS/c1-9-12(18-10(2)15-9)7-13-11-6-14-16(8-11)4-5-17-3/h6,8,13H,4-5,7H2,1-3H3. The Morgan fingerprint density at radius 2 is 2.28 bits per heavy atom. The Morgan fingerprint density at radius 1 is 1.44 bits per heavy atom. The normalized spacial score (nSPS) is 10.8. The summed E-state index contributed by atoms with van der Waals surface area (Å²) in [6.07, 6.45) is 3.82. The van der Waals surface area contributed by atoms with E-state index >= 15 is 0 Å². The van der Waals surface area contributed by atoms with E-state index in [-0.39, 0.29) is 0 Å². The van der Waals surface area contributed by atoms with E-state index < -0.39 is 0 Å². The van der Waals surface area contributed by atoms with Crippen molar-refractivity contribution in [2.24, 2.45) is 0 Å². The van der Waals surface area contributed by atoms with Crippen LogP contribution < -0.4 is 5.32 Å². The molecular formula is C12H18N4OS. The van der Waals surface area contributed by atoms with Gasteiger partial charge in [0.1, 0.15) is 0 Å². The van der Waals surface area contributed by atoms with Crippen molar-refractivity contribution in [1.29, 1.82) is 0 Å². The van der Waals surface area contributed by atoms with E-state index in [1.165, 1.54) is 4.88 Å². The molecule has 0 aliphatic carbocycles. The Kier molecular flexibility index (Phi) is 4.33. The fourth-order valence-corrected chi connectivity index (χ4v) is 2.56. The number of nitrogens with one attached hydrogen (secondary N) is 1. The van der Waals surface area contributed by atoms with Crippen molar-refractivity contribution in [2.75, 3.05) is 19.0 Å². The molecule has 0 bridgehead atoms. The average Bonchev–Trinajstić information content (AvgIpc) is 2.91. The molecule has 0 aliphatic rings. The molecule has 2 rings (SSSR count). The molecule has 0 aliphatic heterocycles. The number of hydrogen-bond donors (Lipinski definition) is 1. The number of hydrogen-bond acceptors (Lipinski definition) is 5. The number of thiazole rings is 1. The lowest BCUT2D eigenvalue weighted by atomic mass is 10.4. The lowest BCUT2D eigenvalue weighted by Crippen LogP contribution is -2.04. The highest BCUT2D eigenvalue weighted by molar-refractivity contribution is 7.11. The minimum absolute atomic E-state index is 0.675. The van der Waals surface area contributed by atoms with E-state index in [0.29, 0.717) is 6.61 Å². The van der Waals surface area contributed by atoms with Crippen LogP contribution in [-0.2, 0) is 17.8 Å². The zero-order chi connectivity index (χ0) is 13.0. The zero-order valence-corrected chi connectivity index (χ0v) is 11.8. The summed E-state index contributed by atoms with van der Waals surface area (Å²) in [6, 6.07) is 0. The molecule has 0 unspecified atom stereocenters. The molecule has 2 heterocycles. The molecule has 0 atom stereocenters. The summed E-state index contributed by atoms with van der Waals surface area (Å²) in [5, 5.41) is 8.72. The van der Waals surface area contributed by atoms with Crippen LogP contribution in [0.15, 0.2) is 12.4 Å². The molecule has 6 heteroatoms. The van der Waals surface area contributed by atoms with Gasteiger partial charge in [-0.3, -0.25) is 4.68 Å². The first-order valence-electron chi connectivity index (χ1n) is 5.87. The van der Waals surface area contributed by atoms with Gasteiger partial charge in [0.25, 0.3) is 0 Å². The molecule has 0 spiro atoms. The molecule has 0 radical (unpaired) electrons. The highest BCUT2D eigenvalue weighted by atomic mass is 32.1. The van der Waals surface area contributed by atoms with E-state index in [1.54, 1.807) is 18.4 Å². The van der Waals surface area contributed by atoms with Crippen LogP contribution in [0.3, 0.4) is 0 Å². The summed E-state index contributed by atoms with van der Waals surface area (Å²) in [7, 11) is 1.69. The monoisotopic (exact) mass is 266 g/mol. The molecule has 0 amide bonds. The predicted molar refractivity (Wildman–Crippen MR) is 73.0 cm³/mol. The van der Waals surface area contributed by atoms with Gasteiger partial charge in [0.2, 0.25) is 0 Å². The van der Waals surface area contributed by atoms with E-state index in [1.807, 2.05) is 30.9 Å². The third-order valence-electron chi connectivity index (χ3n) is 2.61. The van der Waals surface area contributed by atoms with Gasteiger partial charge in [0, 0.05) is 18.2 Å². The van der Waals surface area contributed by atoms with Crippen molar-refractivity contribution < 1.29 is 4.74 Å². The molecule has 0 saturated heterocycles. The van der Waals surface area contributed by atoms with Gasteiger partial charge in [-0.05, 0) is 13.8 Å². The summed E-state index contributed by atoms with van der Waals surface area (Å²) in [5.74, 6) is 0. The van der Waals surface area contributed by atoms with Gasteiger partial charge in [-0.1, -0.05) is 0 Å². The van der Waals surface area contributed by atoms with Crippen molar-refractivity contribution >= 4 is 17.0 Å². The molecule has 0 saturated carbocycles. The minimum atomic E-state index is 0.675. The second kappa shape index (κ2) is 5.97. The van der Waals surface area contributed by atoms with Crippen molar-refractivity contribution in [1.82, 2.24) is 14.8 Å². The molecule has 0 fully saturated rings. The first-order chi connectivity index (χ1) is 8.69. The fourth-order valence-electron chi connectivity index (χ4n) is 1.68. The average molecular weight is 266 g/mol. The van der Waals surface area contributed by atoms with Crippen molar-refractivity contribution in [3.63, 3.8) is 0 Å². The first kappa shape index (κ1) is 13.0. The highest BCUT2D eigenvalue weighted by Gasteiger charge is 2.05. The first-order valence-corrected chi connectivity index (χ1v) is 6.69.